The molecule has 0 saturated heterocycles. The van der Waals surface area contributed by atoms with Gasteiger partial charge in [0.2, 0.25) is 0 Å². The van der Waals surface area contributed by atoms with Gasteiger partial charge in [0.25, 0.3) is 0 Å². The van der Waals surface area contributed by atoms with Crippen molar-refractivity contribution < 1.29 is 4.39 Å². The molecule has 0 aliphatic rings. The van der Waals surface area contributed by atoms with Gasteiger partial charge in [0, 0.05) is 36.1 Å². The number of hydrogen-bond acceptors (Lipinski definition) is 2. The van der Waals surface area contributed by atoms with Gasteiger partial charge in [-0.15, -0.1) is 0 Å². The number of nitrogens with two attached hydrogens (primary N) is 1. The van der Waals surface area contributed by atoms with Crippen LogP contribution in [0, 0.1) is 11.7 Å². The first-order valence-corrected chi connectivity index (χ1v) is 7.53. The third kappa shape index (κ3) is 6.45. The molecule has 5 heteroatoms. The van der Waals surface area contributed by atoms with Crippen molar-refractivity contribution in [1.82, 2.24) is 4.90 Å². The zero-order valence-corrected chi connectivity index (χ0v) is 13.7. The highest BCUT2D eigenvalue weighted by molar-refractivity contribution is 9.10. The summed E-state index contributed by atoms with van der Waals surface area (Å²) in [6.07, 6.45) is 0.667. The topological polar surface area (TPSA) is 29.3 Å². The Morgan fingerprint density at radius 2 is 2.16 bits per heavy atom. The van der Waals surface area contributed by atoms with E-state index in [1.165, 1.54) is 6.07 Å². The van der Waals surface area contributed by atoms with Crippen LogP contribution in [0.2, 0.25) is 0 Å². The average Bonchev–Trinajstić information content (AvgIpc) is 2.28. The quantitative estimate of drug-likeness (QED) is 0.763. The Morgan fingerprint density at radius 1 is 1.47 bits per heavy atom. The largest absolute Gasteiger partial charge is 0.393 e. The molecule has 0 aliphatic carbocycles. The number of benzene rings is 1. The predicted octanol–water partition coefficient (Wildman–Crippen LogP) is 3.72. The van der Waals surface area contributed by atoms with Gasteiger partial charge in [-0.2, -0.15) is 0 Å². The maximum atomic E-state index is 13.8. The summed E-state index contributed by atoms with van der Waals surface area (Å²) in [6.45, 7) is 6.54. The maximum absolute atomic E-state index is 13.8. The highest BCUT2D eigenvalue weighted by atomic mass is 79.9. The zero-order valence-electron chi connectivity index (χ0n) is 11.3. The first kappa shape index (κ1) is 16.5. The molecule has 0 aromatic heterocycles. The van der Waals surface area contributed by atoms with E-state index >= 15 is 0 Å². The molecule has 0 amide bonds. The van der Waals surface area contributed by atoms with E-state index in [4.69, 9.17) is 18.0 Å². The lowest BCUT2D eigenvalue weighted by Crippen LogP contribution is -2.31. The summed E-state index contributed by atoms with van der Waals surface area (Å²) in [7, 11) is 0. The fourth-order valence-electron chi connectivity index (χ4n) is 1.91. The highest BCUT2D eigenvalue weighted by Gasteiger charge is 2.11. The molecular formula is C14H20BrFN2S. The van der Waals surface area contributed by atoms with Gasteiger partial charge in [0.15, 0.2) is 0 Å². The van der Waals surface area contributed by atoms with Crippen molar-refractivity contribution in [3.05, 3.63) is 34.1 Å². The molecule has 0 fully saturated rings. The summed E-state index contributed by atoms with van der Waals surface area (Å²) >= 11 is 8.17. The third-order valence-corrected chi connectivity index (χ3v) is 3.40. The van der Waals surface area contributed by atoms with Crippen molar-refractivity contribution in [2.45, 2.75) is 26.8 Å². The van der Waals surface area contributed by atoms with E-state index in [2.05, 4.69) is 34.7 Å². The summed E-state index contributed by atoms with van der Waals surface area (Å²) in [5, 5.41) is 0. The van der Waals surface area contributed by atoms with Crippen molar-refractivity contribution in [3.8, 4) is 0 Å². The van der Waals surface area contributed by atoms with Crippen molar-refractivity contribution in [2.75, 3.05) is 13.1 Å². The van der Waals surface area contributed by atoms with Crippen LogP contribution in [-0.2, 0) is 6.54 Å². The monoisotopic (exact) mass is 346 g/mol. The van der Waals surface area contributed by atoms with Crippen molar-refractivity contribution >= 4 is 33.1 Å². The first-order chi connectivity index (χ1) is 8.88. The fraction of sp³-hybridized carbons (Fsp3) is 0.500. The van der Waals surface area contributed by atoms with E-state index in [9.17, 15) is 4.39 Å². The zero-order chi connectivity index (χ0) is 14.4. The minimum atomic E-state index is -0.182. The second kappa shape index (κ2) is 7.92. The van der Waals surface area contributed by atoms with Crippen LogP contribution in [0.1, 0.15) is 25.8 Å². The van der Waals surface area contributed by atoms with E-state index in [-0.39, 0.29) is 5.82 Å². The fourth-order valence-corrected chi connectivity index (χ4v) is 2.33. The van der Waals surface area contributed by atoms with Gasteiger partial charge in [-0.05, 0) is 18.1 Å². The second-order valence-electron chi connectivity index (χ2n) is 5.08. The molecule has 2 N–H and O–H groups in total. The van der Waals surface area contributed by atoms with Gasteiger partial charge in [-0.3, -0.25) is 4.90 Å². The molecule has 2 nitrogen and oxygen atoms in total. The summed E-state index contributed by atoms with van der Waals surface area (Å²) < 4.78 is 14.6. The Kier molecular flexibility index (Phi) is 6.89. The second-order valence-corrected chi connectivity index (χ2v) is 6.52. The van der Waals surface area contributed by atoms with Crippen LogP contribution in [0.25, 0.3) is 0 Å². The molecule has 0 bridgehead atoms. The van der Waals surface area contributed by atoms with Gasteiger partial charge in [0.05, 0.1) is 4.99 Å². The molecule has 0 aliphatic heterocycles. The molecule has 0 atom stereocenters. The van der Waals surface area contributed by atoms with Gasteiger partial charge in [-0.25, -0.2) is 4.39 Å². The smallest absolute Gasteiger partial charge is 0.128 e. The van der Waals surface area contributed by atoms with Crippen LogP contribution in [0.5, 0.6) is 0 Å². The van der Waals surface area contributed by atoms with Crippen LogP contribution < -0.4 is 5.73 Å². The summed E-state index contributed by atoms with van der Waals surface area (Å²) in [5.41, 5.74) is 6.24. The van der Waals surface area contributed by atoms with Crippen molar-refractivity contribution in [2.24, 2.45) is 11.7 Å². The molecule has 0 unspecified atom stereocenters. The van der Waals surface area contributed by atoms with E-state index in [0.29, 0.717) is 29.4 Å². The van der Waals surface area contributed by atoms with Crippen molar-refractivity contribution in [3.63, 3.8) is 0 Å². The Labute approximate surface area is 128 Å². The van der Waals surface area contributed by atoms with Crippen molar-refractivity contribution in [1.29, 1.82) is 0 Å². The van der Waals surface area contributed by atoms with E-state index < -0.39 is 0 Å². The Balaban J connectivity index is 2.72. The Hall–Kier alpha value is -0.520. The minimum absolute atomic E-state index is 0.182. The summed E-state index contributed by atoms with van der Waals surface area (Å²) in [5.74, 6) is 0.336. The van der Waals surface area contributed by atoms with E-state index in [1.807, 2.05) is 12.1 Å². The predicted molar refractivity (Wildman–Crippen MR) is 85.6 cm³/mol. The van der Waals surface area contributed by atoms with Gasteiger partial charge in [-0.1, -0.05) is 48.1 Å². The number of thiocarbonyl (C=S) groups is 1. The normalized spacial score (nSPS) is 11.3. The third-order valence-electron chi connectivity index (χ3n) is 2.71. The Bertz CT molecular complexity index is 437. The highest BCUT2D eigenvalue weighted by Crippen LogP contribution is 2.17. The maximum Gasteiger partial charge on any atom is 0.128 e. The number of hydrogen-bond donors (Lipinski definition) is 1. The minimum Gasteiger partial charge on any atom is -0.393 e. The number of rotatable bonds is 7. The van der Waals surface area contributed by atoms with Crippen LogP contribution >= 0.6 is 28.1 Å². The van der Waals surface area contributed by atoms with E-state index in [0.717, 1.165) is 17.6 Å². The molecule has 1 aromatic carbocycles. The lowest BCUT2D eigenvalue weighted by molar-refractivity contribution is 0.239. The van der Waals surface area contributed by atoms with Gasteiger partial charge in [0.1, 0.15) is 5.82 Å². The van der Waals surface area contributed by atoms with Crippen LogP contribution in [0.15, 0.2) is 22.7 Å². The molecule has 1 rings (SSSR count). The first-order valence-electron chi connectivity index (χ1n) is 6.33. The Morgan fingerprint density at radius 3 is 2.68 bits per heavy atom. The molecular weight excluding hydrogens is 327 g/mol. The van der Waals surface area contributed by atoms with Gasteiger partial charge < -0.3 is 5.73 Å². The molecule has 0 spiro atoms. The molecule has 0 radical (unpaired) electrons. The number of halogens is 2. The molecule has 0 saturated carbocycles. The molecule has 19 heavy (non-hydrogen) atoms. The average molecular weight is 347 g/mol. The SMILES string of the molecule is CC(C)CN(CCC(N)=S)Cc1ccc(Br)cc1F. The lowest BCUT2D eigenvalue weighted by atomic mass is 10.1. The molecule has 1 aromatic rings. The number of nitrogens with zero attached hydrogens (tertiary/aromatic N) is 1. The summed E-state index contributed by atoms with van der Waals surface area (Å²) in [4.78, 5) is 2.70. The van der Waals surface area contributed by atoms with Gasteiger partial charge >= 0.3 is 0 Å². The molecule has 0 heterocycles. The lowest BCUT2D eigenvalue weighted by Gasteiger charge is -2.24. The van der Waals surface area contributed by atoms with Crippen LogP contribution in [0.3, 0.4) is 0 Å². The van der Waals surface area contributed by atoms with Crippen LogP contribution in [-0.4, -0.2) is 23.0 Å². The van der Waals surface area contributed by atoms with Crippen LogP contribution in [0.4, 0.5) is 4.39 Å². The molecule has 106 valence electrons. The van der Waals surface area contributed by atoms with E-state index in [1.54, 1.807) is 0 Å². The summed E-state index contributed by atoms with van der Waals surface area (Å²) in [6, 6.07) is 5.17. The standard InChI is InChI=1S/C14H20BrFN2S/c1-10(2)8-18(6-5-14(17)19)9-11-3-4-12(15)7-13(11)16/h3-4,7,10H,5-6,8-9H2,1-2H3,(H2,17,19).